The van der Waals surface area contributed by atoms with Crippen molar-refractivity contribution in [2.45, 2.75) is 26.1 Å². The number of morpholine rings is 1. The summed E-state index contributed by atoms with van der Waals surface area (Å²) in [5.41, 5.74) is 3.21. The van der Waals surface area contributed by atoms with Crippen molar-refractivity contribution in [3.63, 3.8) is 0 Å². The maximum absolute atomic E-state index is 5.86. The fourth-order valence-electron chi connectivity index (χ4n) is 3.12. The lowest BCUT2D eigenvalue weighted by Gasteiger charge is -2.32. The third kappa shape index (κ3) is 3.97. The molecule has 25 heavy (non-hydrogen) atoms. The van der Waals surface area contributed by atoms with Crippen LogP contribution in [0.1, 0.15) is 11.3 Å². The largest absolute Gasteiger partial charge is 0.374 e. The first-order valence-corrected chi connectivity index (χ1v) is 8.60. The van der Waals surface area contributed by atoms with Crippen molar-refractivity contribution < 1.29 is 9.26 Å². The number of nitrogens with zero attached hydrogens (tertiary/aromatic N) is 4. The number of hydrogen-bond acceptors (Lipinski definition) is 5. The predicted molar refractivity (Wildman–Crippen MR) is 93.9 cm³/mol. The maximum Gasteiger partial charge on any atom is 0.151 e. The highest BCUT2D eigenvalue weighted by atomic mass is 16.5. The number of rotatable bonds is 5. The van der Waals surface area contributed by atoms with Gasteiger partial charge < -0.3 is 9.26 Å². The smallest absolute Gasteiger partial charge is 0.151 e. The molecule has 0 spiro atoms. The van der Waals surface area contributed by atoms with Gasteiger partial charge in [0.2, 0.25) is 0 Å². The minimum absolute atomic E-state index is 0.146. The Labute approximate surface area is 147 Å². The number of aryl methyl sites for hydroxylation is 1. The van der Waals surface area contributed by atoms with Gasteiger partial charge in [-0.2, -0.15) is 5.10 Å². The molecule has 0 amide bonds. The summed E-state index contributed by atoms with van der Waals surface area (Å²) in [7, 11) is 0. The van der Waals surface area contributed by atoms with Crippen LogP contribution in [-0.2, 0) is 17.8 Å². The Morgan fingerprint density at radius 3 is 2.92 bits per heavy atom. The third-order valence-electron chi connectivity index (χ3n) is 4.46. The molecule has 0 unspecified atom stereocenters. The molecule has 1 aliphatic rings. The molecule has 0 bridgehead atoms. The summed E-state index contributed by atoms with van der Waals surface area (Å²) in [5.74, 6) is 0.885. The van der Waals surface area contributed by atoms with Gasteiger partial charge in [0, 0.05) is 37.1 Å². The fraction of sp³-hybridized carbons (Fsp3) is 0.368. The molecule has 0 N–H and O–H groups in total. The molecular weight excluding hydrogens is 316 g/mol. The Hall–Kier alpha value is -2.44. The van der Waals surface area contributed by atoms with Crippen molar-refractivity contribution in [3.05, 3.63) is 60.1 Å². The average molecular weight is 338 g/mol. The van der Waals surface area contributed by atoms with E-state index in [2.05, 4.69) is 46.3 Å². The Morgan fingerprint density at radius 1 is 1.24 bits per heavy atom. The first kappa shape index (κ1) is 16.1. The van der Waals surface area contributed by atoms with Gasteiger partial charge in [-0.25, -0.2) is 0 Å². The molecule has 4 rings (SSSR count). The van der Waals surface area contributed by atoms with Crippen LogP contribution in [0, 0.1) is 6.92 Å². The van der Waals surface area contributed by atoms with Crippen molar-refractivity contribution in [1.82, 2.24) is 19.8 Å². The first-order valence-electron chi connectivity index (χ1n) is 8.60. The Morgan fingerprint density at radius 2 is 2.12 bits per heavy atom. The summed E-state index contributed by atoms with van der Waals surface area (Å²) in [5, 5.41) is 8.47. The maximum atomic E-state index is 5.86. The standard InChI is InChI=1S/C19H22N4O2/c1-15-3-5-16(6-4-15)19-11-17(25-21-19)12-22-9-10-24-18(13-22)14-23-8-2-7-20-23/h2-8,11,18H,9-10,12-14H2,1H3/t18-/m0/s1. The minimum Gasteiger partial charge on any atom is -0.374 e. The van der Waals surface area contributed by atoms with Crippen molar-refractivity contribution >= 4 is 0 Å². The molecule has 0 aliphatic carbocycles. The second kappa shape index (κ2) is 7.21. The molecule has 1 atom stereocenters. The van der Waals surface area contributed by atoms with Crippen molar-refractivity contribution in [2.75, 3.05) is 19.7 Å². The summed E-state index contributed by atoms with van der Waals surface area (Å²) in [6, 6.07) is 12.3. The van der Waals surface area contributed by atoms with Gasteiger partial charge in [-0.1, -0.05) is 35.0 Å². The van der Waals surface area contributed by atoms with E-state index < -0.39 is 0 Å². The van der Waals surface area contributed by atoms with Gasteiger partial charge in [0.05, 0.1) is 25.8 Å². The van der Waals surface area contributed by atoms with Gasteiger partial charge in [0.15, 0.2) is 5.76 Å². The predicted octanol–water partition coefficient (Wildman–Crippen LogP) is 2.75. The van der Waals surface area contributed by atoms with Gasteiger partial charge in [-0.15, -0.1) is 0 Å². The fourth-order valence-corrected chi connectivity index (χ4v) is 3.12. The van der Waals surface area contributed by atoms with Crippen LogP contribution in [0.5, 0.6) is 0 Å². The number of ether oxygens (including phenoxy) is 1. The van der Waals surface area contributed by atoms with E-state index in [1.165, 1.54) is 5.56 Å². The summed E-state index contributed by atoms with van der Waals surface area (Å²) < 4.78 is 13.3. The average Bonchev–Trinajstić information content (AvgIpc) is 3.28. The Balaban J connectivity index is 1.37. The first-order chi connectivity index (χ1) is 12.3. The van der Waals surface area contributed by atoms with E-state index >= 15 is 0 Å². The molecule has 1 aromatic carbocycles. The lowest BCUT2D eigenvalue weighted by Crippen LogP contribution is -2.43. The second-order valence-electron chi connectivity index (χ2n) is 6.50. The van der Waals surface area contributed by atoms with E-state index in [9.17, 15) is 0 Å². The molecule has 3 heterocycles. The van der Waals surface area contributed by atoms with E-state index in [0.717, 1.165) is 49.8 Å². The van der Waals surface area contributed by atoms with Crippen molar-refractivity contribution in [3.8, 4) is 11.3 Å². The Bertz CT molecular complexity index is 795. The van der Waals surface area contributed by atoms with E-state index in [1.54, 1.807) is 6.20 Å². The zero-order chi connectivity index (χ0) is 17.1. The molecule has 6 heteroatoms. The monoisotopic (exact) mass is 338 g/mol. The number of benzene rings is 1. The Kier molecular flexibility index (Phi) is 4.63. The molecule has 0 saturated carbocycles. The highest BCUT2D eigenvalue weighted by Gasteiger charge is 2.22. The van der Waals surface area contributed by atoms with Crippen molar-refractivity contribution in [2.24, 2.45) is 0 Å². The zero-order valence-electron chi connectivity index (χ0n) is 14.3. The van der Waals surface area contributed by atoms with Crippen LogP contribution in [0.3, 0.4) is 0 Å². The summed E-state index contributed by atoms with van der Waals surface area (Å²) in [6.45, 7) is 6.09. The molecular formula is C19H22N4O2. The summed E-state index contributed by atoms with van der Waals surface area (Å²) >= 11 is 0. The molecule has 3 aromatic rings. The molecule has 2 aromatic heterocycles. The van der Waals surface area contributed by atoms with Crippen molar-refractivity contribution in [1.29, 1.82) is 0 Å². The lowest BCUT2D eigenvalue weighted by atomic mass is 10.1. The van der Waals surface area contributed by atoms with E-state index in [0.29, 0.717) is 0 Å². The van der Waals surface area contributed by atoms with Gasteiger partial charge in [-0.05, 0) is 13.0 Å². The van der Waals surface area contributed by atoms with E-state index in [-0.39, 0.29) is 6.10 Å². The summed E-state index contributed by atoms with van der Waals surface area (Å²) in [4.78, 5) is 2.34. The molecule has 1 fully saturated rings. The van der Waals surface area contributed by atoms with Crippen LogP contribution < -0.4 is 0 Å². The van der Waals surface area contributed by atoms with Crippen LogP contribution in [0.4, 0.5) is 0 Å². The molecule has 1 aliphatic heterocycles. The lowest BCUT2D eigenvalue weighted by molar-refractivity contribution is -0.0422. The van der Waals surface area contributed by atoms with Gasteiger partial charge in [0.25, 0.3) is 0 Å². The van der Waals surface area contributed by atoms with Crippen LogP contribution in [0.25, 0.3) is 11.3 Å². The highest BCUT2D eigenvalue weighted by Crippen LogP contribution is 2.21. The minimum atomic E-state index is 0.146. The van der Waals surface area contributed by atoms with Crippen LogP contribution in [-0.4, -0.2) is 45.6 Å². The number of aromatic nitrogens is 3. The van der Waals surface area contributed by atoms with Crippen LogP contribution >= 0.6 is 0 Å². The quantitative estimate of drug-likeness (QED) is 0.716. The normalized spacial score (nSPS) is 18.5. The van der Waals surface area contributed by atoms with Gasteiger partial charge >= 0.3 is 0 Å². The summed E-state index contributed by atoms with van der Waals surface area (Å²) in [6.07, 6.45) is 3.90. The third-order valence-corrected chi connectivity index (χ3v) is 4.46. The van der Waals surface area contributed by atoms with Gasteiger partial charge in [0.1, 0.15) is 5.69 Å². The zero-order valence-corrected chi connectivity index (χ0v) is 14.3. The topological polar surface area (TPSA) is 56.3 Å². The van der Waals surface area contributed by atoms with Crippen LogP contribution in [0.2, 0.25) is 0 Å². The highest BCUT2D eigenvalue weighted by molar-refractivity contribution is 5.59. The molecule has 6 nitrogen and oxygen atoms in total. The molecule has 130 valence electrons. The van der Waals surface area contributed by atoms with E-state index in [1.807, 2.05) is 23.0 Å². The second-order valence-corrected chi connectivity index (χ2v) is 6.50. The van der Waals surface area contributed by atoms with Gasteiger partial charge in [-0.3, -0.25) is 9.58 Å². The molecule has 0 radical (unpaired) electrons. The SMILES string of the molecule is Cc1ccc(-c2cc(CN3CCO[C@H](Cn4cccn4)C3)on2)cc1. The van der Waals surface area contributed by atoms with E-state index in [4.69, 9.17) is 9.26 Å². The molecule has 1 saturated heterocycles. The number of hydrogen-bond donors (Lipinski definition) is 0. The van der Waals surface area contributed by atoms with Crippen LogP contribution in [0.15, 0.2) is 53.3 Å².